The van der Waals surface area contributed by atoms with Crippen molar-refractivity contribution in [1.82, 2.24) is 14.5 Å². The van der Waals surface area contributed by atoms with Gasteiger partial charge >= 0.3 is 0 Å². The normalized spacial score (nSPS) is 11.7. The Hall–Kier alpha value is -15.7. The number of hydrogen-bond donors (Lipinski definition) is 0. The van der Waals surface area contributed by atoms with E-state index in [2.05, 4.69) is 399 Å². The quantitative estimate of drug-likeness (QED) is 0.135. The second kappa shape index (κ2) is 30.2. The molecule has 0 bridgehead atoms. The maximum absolute atomic E-state index is 6.45. The summed E-state index contributed by atoms with van der Waals surface area (Å²) >= 11 is 3.74. The minimum atomic E-state index is 0.690. The number of nitrogens with zero attached hydrogens (tertiary/aromatic N) is 3. The maximum atomic E-state index is 6.45. The molecule has 5 aromatic heterocycles. The summed E-state index contributed by atoms with van der Waals surface area (Å²) in [6.07, 6.45) is 0. The van der Waals surface area contributed by atoms with E-state index in [4.69, 9.17) is 14.4 Å². The molecular weight excluding hydrogens is 1540 g/mol. The van der Waals surface area contributed by atoms with Crippen molar-refractivity contribution in [3.63, 3.8) is 0 Å². The third-order valence-electron chi connectivity index (χ3n) is 24.9. The Morgan fingerprint density at radius 3 is 1.01 bits per heavy atom. The molecule has 4 nitrogen and oxygen atoms in total. The third kappa shape index (κ3) is 12.6. The minimum Gasteiger partial charge on any atom is -0.456 e. The molecule has 0 aliphatic carbocycles. The van der Waals surface area contributed by atoms with Crippen LogP contribution in [0.5, 0.6) is 0 Å². The lowest BCUT2D eigenvalue weighted by atomic mass is 9.91. The summed E-state index contributed by atoms with van der Waals surface area (Å²) in [5.41, 5.74) is 22.2. The van der Waals surface area contributed by atoms with Crippen LogP contribution in [0.1, 0.15) is 0 Å². The van der Waals surface area contributed by atoms with Crippen molar-refractivity contribution in [3.8, 4) is 95.2 Å². The fraction of sp³-hybridized carbons (Fsp3) is 0. The number of para-hydroxylation sites is 3. The largest absolute Gasteiger partial charge is 0.456 e. The predicted octanol–water partition coefficient (Wildman–Crippen LogP) is 33.8. The van der Waals surface area contributed by atoms with Crippen LogP contribution in [-0.2, 0) is 0 Å². The Labute approximate surface area is 723 Å². The molecule has 0 radical (unpaired) electrons. The first-order valence-corrected chi connectivity index (χ1v) is 43.8. The Morgan fingerprint density at radius 1 is 0.177 bits per heavy atom. The standard InChI is InChI=1S/C46H29N3O.2C36H22S/c1-3-13-31(14-4-1)39-28-40(32-15-5-2-6-16-32)48-46(47-39)33-25-23-30(24-26-33)37-27-38-36-19-9-12-22-44(36)50-45(38)29-43(37)49-41-20-10-7-17-34(41)35-18-8-11-21-42(35)49;1-2-12-29-27(10-1)28-11-3-4-13-30(28)33-21-25(16-18-31(29)33)23-8-7-9-24(20-23)26-17-19-36-34(22-26)32-14-5-6-15-35(32)37-36;1-2-12-29-27(10-1)28-11-3-4-13-30(28)34-21-25(16-18-31(29)34)23-8-7-9-24(20-23)26-17-19-33-32-14-5-6-15-35(32)37-36(33)22-26/h1-29H;2*1-22H. The molecule has 0 atom stereocenters. The number of fused-ring (bicyclic) bond motifs is 24. The van der Waals surface area contributed by atoms with Gasteiger partial charge < -0.3 is 8.98 Å². The fourth-order valence-corrected chi connectivity index (χ4v) is 21.2. The van der Waals surface area contributed by atoms with Crippen LogP contribution in [0.25, 0.3) is 244 Å². The van der Waals surface area contributed by atoms with E-state index >= 15 is 0 Å². The molecule has 578 valence electrons. The highest BCUT2D eigenvalue weighted by molar-refractivity contribution is 7.26. The zero-order chi connectivity index (χ0) is 81.7. The molecule has 26 aromatic rings. The van der Waals surface area contributed by atoms with E-state index in [0.717, 1.165) is 77.9 Å². The highest BCUT2D eigenvalue weighted by atomic mass is 32.1. The third-order valence-corrected chi connectivity index (χ3v) is 27.2. The van der Waals surface area contributed by atoms with Crippen LogP contribution in [0, 0.1) is 0 Å². The van der Waals surface area contributed by atoms with Gasteiger partial charge in [-0.25, -0.2) is 9.97 Å². The van der Waals surface area contributed by atoms with Crippen molar-refractivity contribution < 1.29 is 4.42 Å². The smallest absolute Gasteiger partial charge is 0.160 e. The molecule has 0 fully saturated rings. The first kappa shape index (κ1) is 72.3. The predicted molar refractivity (Wildman–Crippen MR) is 531 cm³/mol. The van der Waals surface area contributed by atoms with Crippen LogP contribution < -0.4 is 0 Å². The highest BCUT2D eigenvalue weighted by Gasteiger charge is 2.22. The summed E-state index contributed by atoms with van der Waals surface area (Å²) in [6, 6.07) is 159. The molecule has 0 N–H and O–H groups in total. The lowest BCUT2D eigenvalue weighted by Crippen LogP contribution is -1.98. The first-order valence-electron chi connectivity index (χ1n) is 42.2. The van der Waals surface area contributed by atoms with Crippen molar-refractivity contribution in [2.75, 3.05) is 0 Å². The van der Waals surface area contributed by atoms with E-state index in [1.54, 1.807) is 0 Å². The van der Waals surface area contributed by atoms with Gasteiger partial charge in [-0.2, -0.15) is 0 Å². The van der Waals surface area contributed by atoms with E-state index in [9.17, 15) is 0 Å². The molecule has 26 rings (SSSR count). The van der Waals surface area contributed by atoms with Gasteiger partial charge in [0, 0.05) is 90.2 Å². The molecule has 21 aromatic carbocycles. The van der Waals surface area contributed by atoms with Gasteiger partial charge in [0.15, 0.2) is 5.82 Å². The van der Waals surface area contributed by atoms with Crippen LogP contribution in [0.2, 0.25) is 0 Å². The SMILES string of the molecule is c1cc(-c2ccc3c(c2)sc2ccccc23)cc(-c2ccc3c4ccccc4c4ccccc4c3c2)c1.c1cc(-c2ccc3sc4ccccc4c3c2)cc(-c2ccc3c4ccccc4c4ccccc4c3c2)c1.c1ccc(-c2cc(-c3ccccc3)nc(-c3ccc(-c4cc5c(cc4-n4c6ccccc6c6ccccc64)oc4ccccc45)cc3)n2)cc1. The average Bonchev–Trinajstić information content (AvgIpc) is 1.54. The van der Waals surface area contributed by atoms with Crippen LogP contribution >= 0.6 is 22.7 Å². The van der Waals surface area contributed by atoms with Crippen molar-refractivity contribution in [2.45, 2.75) is 0 Å². The summed E-state index contributed by atoms with van der Waals surface area (Å²) in [5, 5.41) is 25.8. The second-order valence-electron chi connectivity index (χ2n) is 32.1. The summed E-state index contributed by atoms with van der Waals surface area (Å²) in [6.45, 7) is 0. The van der Waals surface area contributed by atoms with Gasteiger partial charge in [-0.15, -0.1) is 22.7 Å². The molecule has 0 saturated carbocycles. The molecule has 0 aliphatic rings. The topological polar surface area (TPSA) is 43.9 Å². The summed E-state index contributed by atoms with van der Waals surface area (Å²) in [4.78, 5) is 10.1. The lowest BCUT2D eigenvalue weighted by molar-refractivity contribution is 0.668. The van der Waals surface area contributed by atoms with Gasteiger partial charge in [-0.1, -0.05) is 352 Å². The molecule has 5 heterocycles. The Balaban J connectivity index is 0.000000106. The summed E-state index contributed by atoms with van der Waals surface area (Å²) < 4.78 is 14.2. The average molecular weight is 1610 g/mol. The second-order valence-corrected chi connectivity index (χ2v) is 34.3. The van der Waals surface area contributed by atoms with E-state index in [-0.39, 0.29) is 0 Å². The fourth-order valence-electron chi connectivity index (χ4n) is 19.0. The maximum Gasteiger partial charge on any atom is 0.160 e. The van der Waals surface area contributed by atoms with Crippen molar-refractivity contribution in [3.05, 3.63) is 443 Å². The summed E-state index contributed by atoms with van der Waals surface area (Å²) in [7, 11) is 0. The van der Waals surface area contributed by atoms with Gasteiger partial charge in [-0.3, -0.25) is 0 Å². The van der Waals surface area contributed by atoms with E-state index in [1.165, 1.54) is 160 Å². The highest BCUT2D eigenvalue weighted by Crippen LogP contribution is 2.46. The van der Waals surface area contributed by atoms with Gasteiger partial charge in [0.05, 0.1) is 28.1 Å². The van der Waals surface area contributed by atoms with E-state index < -0.39 is 0 Å². The van der Waals surface area contributed by atoms with Gasteiger partial charge in [0.25, 0.3) is 0 Å². The van der Waals surface area contributed by atoms with E-state index in [0.29, 0.717) is 5.82 Å². The Morgan fingerprint density at radius 2 is 0.508 bits per heavy atom. The molecule has 6 heteroatoms. The first-order chi connectivity index (χ1) is 61.4. The molecule has 0 spiro atoms. The van der Waals surface area contributed by atoms with E-state index in [1.807, 2.05) is 71.2 Å². The van der Waals surface area contributed by atoms with Crippen molar-refractivity contribution in [2.24, 2.45) is 0 Å². The molecule has 0 saturated heterocycles. The van der Waals surface area contributed by atoms with Crippen molar-refractivity contribution in [1.29, 1.82) is 0 Å². The number of thiophene rings is 2. The Bertz CT molecular complexity index is 8570. The number of aromatic nitrogens is 3. The molecule has 124 heavy (non-hydrogen) atoms. The zero-order valence-corrected chi connectivity index (χ0v) is 68.8. The molecular formula is C118H73N3OS2. The molecule has 0 aliphatic heterocycles. The van der Waals surface area contributed by atoms with Crippen LogP contribution in [0.4, 0.5) is 0 Å². The van der Waals surface area contributed by atoms with Crippen LogP contribution in [0.15, 0.2) is 447 Å². The summed E-state index contributed by atoms with van der Waals surface area (Å²) in [5.74, 6) is 0.690. The number of rotatable bonds is 9. The van der Waals surface area contributed by atoms with Crippen molar-refractivity contribution >= 4 is 171 Å². The van der Waals surface area contributed by atoms with Gasteiger partial charge in [-0.05, 0) is 200 Å². The number of benzene rings is 21. The lowest BCUT2D eigenvalue weighted by Gasteiger charge is -2.15. The van der Waals surface area contributed by atoms with Gasteiger partial charge in [0.1, 0.15) is 11.2 Å². The molecule has 0 amide bonds. The Kier molecular flexibility index (Phi) is 17.6. The molecule has 0 unspecified atom stereocenters. The van der Waals surface area contributed by atoms with Gasteiger partial charge in [0.2, 0.25) is 0 Å². The van der Waals surface area contributed by atoms with Crippen LogP contribution in [-0.4, -0.2) is 14.5 Å². The monoisotopic (exact) mass is 1610 g/mol. The van der Waals surface area contributed by atoms with Crippen LogP contribution in [0.3, 0.4) is 0 Å². The zero-order valence-electron chi connectivity index (χ0n) is 67.2. The number of furan rings is 1. The number of hydrogen-bond acceptors (Lipinski definition) is 5. The minimum absolute atomic E-state index is 0.690.